The lowest BCUT2D eigenvalue weighted by Crippen LogP contribution is -2.24. The molecule has 0 fully saturated rings. The van der Waals surface area contributed by atoms with Gasteiger partial charge in [-0.25, -0.2) is 4.52 Å². The van der Waals surface area contributed by atoms with Gasteiger partial charge < -0.3 is 9.67 Å². The van der Waals surface area contributed by atoms with Crippen LogP contribution in [0.2, 0.25) is 0 Å². The van der Waals surface area contributed by atoms with Crippen LogP contribution in [0.5, 0.6) is 0 Å². The van der Waals surface area contributed by atoms with E-state index in [0.29, 0.717) is 5.52 Å². The van der Waals surface area contributed by atoms with Gasteiger partial charge in [0.2, 0.25) is 0 Å². The van der Waals surface area contributed by atoms with Gasteiger partial charge in [0.05, 0.1) is 17.5 Å². The van der Waals surface area contributed by atoms with Gasteiger partial charge in [-0.15, -0.1) is 11.3 Å². The van der Waals surface area contributed by atoms with Gasteiger partial charge in [0.25, 0.3) is 5.56 Å². The third-order valence-corrected chi connectivity index (χ3v) is 5.88. The first-order chi connectivity index (χ1) is 12.9. The zero-order chi connectivity index (χ0) is 19.1. The lowest BCUT2D eigenvalue weighted by molar-refractivity contribution is 0.154. The average molecular weight is 379 g/mol. The molecule has 0 bridgehead atoms. The highest BCUT2D eigenvalue weighted by Crippen LogP contribution is 2.24. The van der Waals surface area contributed by atoms with E-state index in [0.717, 1.165) is 27.3 Å². The van der Waals surface area contributed by atoms with Crippen LogP contribution >= 0.6 is 11.3 Å². The van der Waals surface area contributed by atoms with Crippen molar-refractivity contribution in [3.05, 3.63) is 80.7 Å². The fraction of sp³-hybridized carbons (Fsp3) is 0.238. The molecular formula is C21H21N3O2S. The number of rotatable bonds is 4. The maximum Gasteiger partial charge on any atom is 0.276 e. The molecule has 27 heavy (non-hydrogen) atoms. The molecule has 0 aliphatic carbocycles. The average Bonchev–Trinajstić information content (AvgIpc) is 3.29. The Bertz CT molecular complexity index is 1170. The highest BCUT2D eigenvalue weighted by atomic mass is 32.1. The lowest BCUT2D eigenvalue weighted by Gasteiger charge is -2.17. The first kappa shape index (κ1) is 17.7. The van der Waals surface area contributed by atoms with Gasteiger partial charge in [-0.1, -0.05) is 18.2 Å². The summed E-state index contributed by atoms with van der Waals surface area (Å²) in [5, 5.41) is 17.2. The molecule has 3 aromatic heterocycles. The van der Waals surface area contributed by atoms with Crippen molar-refractivity contribution in [2.24, 2.45) is 0 Å². The molecule has 1 N–H and O–H groups in total. The summed E-state index contributed by atoms with van der Waals surface area (Å²) in [6.07, 6.45) is 2.69. The van der Waals surface area contributed by atoms with Gasteiger partial charge in [0.1, 0.15) is 11.2 Å². The minimum absolute atomic E-state index is 0.159. The largest absolute Gasteiger partial charge is 0.387 e. The number of aliphatic hydroxyl groups excluding tert-OH is 1. The van der Waals surface area contributed by atoms with E-state index in [9.17, 15) is 9.90 Å². The molecule has 0 spiro atoms. The van der Waals surface area contributed by atoms with E-state index in [-0.39, 0.29) is 12.1 Å². The third kappa shape index (κ3) is 3.22. The number of fused-ring (bicyclic) bond motifs is 1. The minimum atomic E-state index is -0.746. The summed E-state index contributed by atoms with van der Waals surface area (Å²) >= 11 is 1.59. The van der Waals surface area contributed by atoms with Crippen molar-refractivity contribution in [3.63, 3.8) is 0 Å². The summed E-state index contributed by atoms with van der Waals surface area (Å²) in [5.74, 6) is 0. The summed E-state index contributed by atoms with van der Waals surface area (Å²) in [6.45, 7) is 6.28. The van der Waals surface area contributed by atoms with Crippen LogP contribution in [0.1, 0.15) is 28.4 Å². The quantitative estimate of drug-likeness (QED) is 0.585. The maximum absolute atomic E-state index is 12.9. The molecule has 6 heteroatoms. The highest BCUT2D eigenvalue weighted by molar-refractivity contribution is 7.13. The molecule has 5 nitrogen and oxygen atoms in total. The first-order valence-corrected chi connectivity index (χ1v) is 9.70. The van der Waals surface area contributed by atoms with Crippen molar-refractivity contribution in [3.8, 4) is 10.6 Å². The second kappa shape index (κ2) is 6.79. The van der Waals surface area contributed by atoms with Crippen molar-refractivity contribution >= 4 is 16.9 Å². The van der Waals surface area contributed by atoms with E-state index >= 15 is 0 Å². The van der Waals surface area contributed by atoms with Crippen molar-refractivity contribution in [2.45, 2.75) is 33.4 Å². The molecule has 4 rings (SSSR count). The predicted molar refractivity (Wildman–Crippen MR) is 108 cm³/mol. The molecule has 138 valence electrons. The topological polar surface area (TPSA) is 59.5 Å². The molecule has 3 heterocycles. The van der Waals surface area contributed by atoms with Gasteiger partial charge in [0, 0.05) is 12.4 Å². The van der Waals surface area contributed by atoms with E-state index in [2.05, 4.69) is 18.1 Å². The molecule has 0 unspecified atom stereocenters. The number of aliphatic hydroxyl groups is 1. The Labute approximate surface area is 161 Å². The maximum atomic E-state index is 12.9. The molecule has 0 amide bonds. The second-order valence-electron chi connectivity index (χ2n) is 6.90. The lowest BCUT2D eigenvalue weighted by atomic mass is 9.97. The van der Waals surface area contributed by atoms with Gasteiger partial charge in [0.15, 0.2) is 0 Å². The van der Waals surface area contributed by atoms with Gasteiger partial charge in [-0.2, -0.15) is 5.10 Å². The first-order valence-electron chi connectivity index (χ1n) is 8.82. The van der Waals surface area contributed by atoms with Crippen molar-refractivity contribution < 1.29 is 5.11 Å². The van der Waals surface area contributed by atoms with Crippen LogP contribution in [0.25, 0.3) is 16.1 Å². The number of nitrogens with zero attached hydrogens (tertiary/aromatic N) is 3. The summed E-state index contributed by atoms with van der Waals surface area (Å²) in [6, 6.07) is 9.83. The molecule has 1 atom stereocenters. The summed E-state index contributed by atoms with van der Waals surface area (Å²) < 4.78 is 3.15. The third-order valence-electron chi connectivity index (χ3n) is 4.99. The van der Waals surface area contributed by atoms with Crippen molar-refractivity contribution in [1.82, 2.24) is 14.2 Å². The molecule has 0 saturated carbocycles. The van der Waals surface area contributed by atoms with Crippen LogP contribution in [0, 0.1) is 20.8 Å². The molecule has 1 aromatic carbocycles. The normalized spacial score (nSPS) is 12.6. The molecule has 0 aliphatic heterocycles. The van der Waals surface area contributed by atoms with Crippen LogP contribution in [0.15, 0.2) is 52.9 Å². The molecule has 4 aromatic rings. The Balaban J connectivity index is 1.69. The van der Waals surface area contributed by atoms with Gasteiger partial charge >= 0.3 is 0 Å². The molecule has 0 radical (unpaired) electrons. The Kier molecular flexibility index (Phi) is 4.45. The van der Waals surface area contributed by atoms with Crippen LogP contribution < -0.4 is 5.56 Å². The van der Waals surface area contributed by atoms with Crippen LogP contribution in [-0.4, -0.2) is 19.3 Å². The standard InChI is InChI=1S/C21H21N3O2S/c1-13-9-15(3)16(10-14(13)2)19(25)12-23-6-7-24-18(21(23)26)11-17(22-24)20-5-4-8-27-20/h4-11,19,25H,12H2,1-3H3/t19-/m1/s1. The Morgan fingerprint density at radius 3 is 2.63 bits per heavy atom. The van der Waals surface area contributed by atoms with Gasteiger partial charge in [-0.05, 0) is 60.5 Å². The van der Waals surface area contributed by atoms with Crippen molar-refractivity contribution in [1.29, 1.82) is 0 Å². The zero-order valence-corrected chi connectivity index (χ0v) is 16.3. The smallest absolute Gasteiger partial charge is 0.276 e. The monoisotopic (exact) mass is 379 g/mol. The van der Waals surface area contributed by atoms with E-state index < -0.39 is 6.10 Å². The minimum Gasteiger partial charge on any atom is -0.387 e. The number of hydrogen-bond acceptors (Lipinski definition) is 4. The SMILES string of the molecule is Cc1cc(C)c([C@H](O)Cn2ccn3nc(-c4cccs4)cc3c2=O)cc1C. The highest BCUT2D eigenvalue weighted by Gasteiger charge is 2.15. The van der Waals surface area contributed by atoms with Crippen LogP contribution in [0.3, 0.4) is 0 Å². The predicted octanol–water partition coefficient (Wildman–Crippen LogP) is 3.88. The van der Waals surface area contributed by atoms with E-state index in [4.69, 9.17) is 0 Å². The number of hydrogen-bond donors (Lipinski definition) is 1. The van der Waals surface area contributed by atoms with E-state index in [1.165, 1.54) is 5.56 Å². The summed E-state index contributed by atoms with van der Waals surface area (Å²) in [5.41, 5.74) is 5.35. The van der Waals surface area contributed by atoms with E-state index in [1.807, 2.05) is 37.4 Å². The second-order valence-corrected chi connectivity index (χ2v) is 7.85. The van der Waals surface area contributed by atoms with Crippen LogP contribution in [0.4, 0.5) is 0 Å². The Hall–Kier alpha value is -2.70. The fourth-order valence-electron chi connectivity index (χ4n) is 3.34. The van der Waals surface area contributed by atoms with E-state index in [1.54, 1.807) is 38.9 Å². The van der Waals surface area contributed by atoms with Gasteiger partial charge in [-0.3, -0.25) is 4.79 Å². The summed E-state index contributed by atoms with van der Waals surface area (Å²) in [4.78, 5) is 13.9. The van der Waals surface area contributed by atoms with Crippen molar-refractivity contribution in [2.75, 3.05) is 0 Å². The molecule has 0 aliphatic rings. The van der Waals surface area contributed by atoms with Crippen LogP contribution in [-0.2, 0) is 6.54 Å². The molecule has 0 saturated heterocycles. The Morgan fingerprint density at radius 2 is 1.89 bits per heavy atom. The fourth-order valence-corrected chi connectivity index (χ4v) is 4.02. The Morgan fingerprint density at radius 1 is 1.11 bits per heavy atom. The zero-order valence-electron chi connectivity index (χ0n) is 15.5. The number of benzene rings is 1. The number of aromatic nitrogens is 3. The number of aryl methyl sites for hydroxylation is 3. The molecular weight excluding hydrogens is 358 g/mol. The summed E-state index contributed by atoms with van der Waals surface area (Å²) in [7, 11) is 0. The number of thiophene rings is 1.